The largest absolute Gasteiger partial charge is 0.353 e. The molecular weight excluding hydrogens is 402 g/mol. The third-order valence-electron chi connectivity index (χ3n) is 6.51. The van der Waals surface area contributed by atoms with Gasteiger partial charge in [-0.25, -0.2) is 4.98 Å². The molecule has 32 heavy (non-hydrogen) atoms. The van der Waals surface area contributed by atoms with Crippen molar-refractivity contribution < 1.29 is 9.59 Å². The molecule has 0 aliphatic carbocycles. The number of carbonyl (C=O) groups excluding carboxylic acids is 2. The molecule has 2 amide bonds. The topological polar surface area (TPSA) is 104 Å². The van der Waals surface area contributed by atoms with Crippen LogP contribution in [0.2, 0.25) is 0 Å². The number of carbonyl (C=O) groups is 2. The molecule has 0 radical (unpaired) electrons. The van der Waals surface area contributed by atoms with Gasteiger partial charge in [-0.05, 0) is 25.7 Å². The summed E-state index contributed by atoms with van der Waals surface area (Å²) in [5, 5.41) is 2.96. The molecule has 4 N–H and O–H groups in total. The monoisotopic (exact) mass is 447 g/mol. The van der Waals surface area contributed by atoms with E-state index in [1.54, 1.807) is 12.4 Å². The van der Waals surface area contributed by atoms with E-state index in [-0.39, 0.29) is 17.9 Å². The minimum Gasteiger partial charge on any atom is -0.353 e. The van der Waals surface area contributed by atoms with Crippen LogP contribution in [0.1, 0.15) is 103 Å². The molecule has 2 rings (SSSR count). The van der Waals surface area contributed by atoms with Crippen molar-refractivity contribution >= 4 is 11.8 Å². The van der Waals surface area contributed by atoms with E-state index in [0.717, 1.165) is 38.6 Å². The van der Waals surface area contributed by atoms with Crippen molar-refractivity contribution in [1.29, 1.82) is 0 Å². The second-order valence-electron chi connectivity index (χ2n) is 9.26. The van der Waals surface area contributed by atoms with Gasteiger partial charge in [0.2, 0.25) is 11.8 Å². The number of hydrogen-bond acceptors (Lipinski definition) is 4. The summed E-state index contributed by atoms with van der Waals surface area (Å²) >= 11 is 0. The third kappa shape index (κ3) is 10.2. The van der Waals surface area contributed by atoms with Crippen molar-refractivity contribution in [3.63, 3.8) is 0 Å². The van der Waals surface area contributed by atoms with Gasteiger partial charge in [0.1, 0.15) is 5.82 Å². The first-order chi connectivity index (χ1) is 15.6. The lowest BCUT2D eigenvalue weighted by Crippen LogP contribution is -2.52. The number of hydrogen-bond donors (Lipinski definition) is 3. The summed E-state index contributed by atoms with van der Waals surface area (Å²) in [5.74, 6) is 0.760. The number of imidazole rings is 1. The molecule has 2 atom stereocenters. The lowest BCUT2D eigenvalue weighted by atomic mass is 10.0. The predicted molar refractivity (Wildman–Crippen MR) is 129 cm³/mol. The van der Waals surface area contributed by atoms with Crippen molar-refractivity contribution in [1.82, 2.24) is 20.2 Å². The van der Waals surface area contributed by atoms with Gasteiger partial charge < -0.3 is 20.9 Å². The van der Waals surface area contributed by atoms with Gasteiger partial charge in [0.15, 0.2) is 0 Å². The third-order valence-corrected chi connectivity index (χ3v) is 6.51. The molecule has 1 aromatic rings. The number of H-pyrrole nitrogens is 1. The zero-order chi connectivity index (χ0) is 23.0. The van der Waals surface area contributed by atoms with Crippen molar-refractivity contribution in [3.8, 4) is 0 Å². The van der Waals surface area contributed by atoms with Gasteiger partial charge in [-0.3, -0.25) is 9.59 Å². The highest BCUT2D eigenvalue weighted by Crippen LogP contribution is 2.19. The van der Waals surface area contributed by atoms with E-state index in [4.69, 9.17) is 5.73 Å². The quantitative estimate of drug-likeness (QED) is 0.332. The highest BCUT2D eigenvalue weighted by molar-refractivity contribution is 5.82. The van der Waals surface area contributed by atoms with Crippen LogP contribution in [0.5, 0.6) is 0 Å². The average molecular weight is 448 g/mol. The Morgan fingerprint density at radius 1 is 1.12 bits per heavy atom. The molecule has 2 heterocycles. The van der Waals surface area contributed by atoms with Crippen LogP contribution in [0.15, 0.2) is 12.4 Å². The summed E-state index contributed by atoms with van der Waals surface area (Å²) in [4.78, 5) is 34.3. The minimum atomic E-state index is -0.638. The van der Waals surface area contributed by atoms with Crippen LogP contribution in [0.3, 0.4) is 0 Å². The maximum absolute atomic E-state index is 12.8. The Labute approximate surface area is 194 Å². The van der Waals surface area contributed by atoms with Crippen molar-refractivity contribution in [2.75, 3.05) is 13.1 Å². The van der Waals surface area contributed by atoms with E-state index in [0.29, 0.717) is 25.2 Å². The summed E-state index contributed by atoms with van der Waals surface area (Å²) in [6, 6.07) is -0.556. The molecule has 0 saturated carbocycles. The zero-order valence-corrected chi connectivity index (χ0v) is 20.1. The normalized spacial score (nSPS) is 17.3. The Morgan fingerprint density at radius 3 is 2.47 bits per heavy atom. The molecule has 7 nitrogen and oxygen atoms in total. The second-order valence-corrected chi connectivity index (χ2v) is 9.26. The van der Waals surface area contributed by atoms with Crippen LogP contribution >= 0.6 is 0 Å². The van der Waals surface area contributed by atoms with Gasteiger partial charge in [0.05, 0.1) is 6.04 Å². The molecule has 1 saturated heterocycles. The summed E-state index contributed by atoms with van der Waals surface area (Å²) in [6.07, 6.45) is 20.2. The Balaban J connectivity index is 1.61. The van der Waals surface area contributed by atoms with E-state index < -0.39 is 6.04 Å². The van der Waals surface area contributed by atoms with Crippen molar-refractivity contribution in [2.45, 2.75) is 115 Å². The van der Waals surface area contributed by atoms with E-state index in [9.17, 15) is 9.59 Å². The molecule has 0 spiro atoms. The van der Waals surface area contributed by atoms with Crippen LogP contribution in [-0.4, -0.2) is 51.9 Å². The Bertz CT molecular complexity index is 634. The van der Waals surface area contributed by atoms with Gasteiger partial charge in [-0.2, -0.15) is 0 Å². The maximum Gasteiger partial charge on any atom is 0.237 e. The first-order valence-electron chi connectivity index (χ1n) is 12.9. The first-order valence-corrected chi connectivity index (χ1v) is 12.9. The summed E-state index contributed by atoms with van der Waals surface area (Å²) in [6.45, 7) is 3.53. The van der Waals surface area contributed by atoms with E-state index in [1.165, 1.54) is 51.4 Å². The zero-order valence-electron chi connectivity index (χ0n) is 20.1. The van der Waals surface area contributed by atoms with Crippen LogP contribution < -0.4 is 11.1 Å². The van der Waals surface area contributed by atoms with Crippen LogP contribution in [0.4, 0.5) is 0 Å². The Morgan fingerprint density at radius 2 is 1.81 bits per heavy atom. The van der Waals surface area contributed by atoms with Gasteiger partial charge in [0.25, 0.3) is 0 Å². The van der Waals surface area contributed by atoms with Gasteiger partial charge in [-0.1, -0.05) is 64.7 Å². The lowest BCUT2D eigenvalue weighted by molar-refractivity contribution is -0.135. The molecule has 182 valence electrons. The van der Waals surface area contributed by atoms with Crippen LogP contribution in [0.25, 0.3) is 0 Å². The highest BCUT2D eigenvalue weighted by Gasteiger charge is 2.27. The number of likely N-dealkylation sites (tertiary alicyclic amines) is 1. The Kier molecular flexibility index (Phi) is 13.0. The molecule has 1 aliphatic rings. The smallest absolute Gasteiger partial charge is 0.237 e. The number of aromatic nitrogens is 2. The molecule has 1 aliphatic heterocycles. The van der Waals surface area contributed by atoms with E-state index in [2.05, 4.69) is 22.2 Å². The molecular formula is C25H45N5O2. The maximum atomic E-state index is 12.8. The van der Waals surface area contributed by atoms with Crippen molar-refractivity contribution in [2.24, 2.45) is 5.73 Å². The van der Waals surface area contributed by atoms with Crippen LogP contribution in [-0.2, 0) is 16.0 Å². The fourth-order valence-electron chi connectivity index (χ4n) is 4.51. The Hall–Kier alpha value is -1.89. The highest BCUT2D eigenvalue weighted by atomic mass is 16.2. The second kappa shape index (κ2) is 15.8. The summed E-state index contributed by atoms with van der Waals surface area (Å²) < 4.78 is 0. The SMILES string of the molecule is CCCCCCCCCCCCC(=O)N1CCCCC1CNC(=O)[C@@H](N)Cc1ncc[nH]1. The van der Waals surface area contributed by atoms with Gasteiger partial charge in [-0.15, -0.1) is 0 Å². The molecule has 7 heteroatoms. The predicted octanol–water partition coefficient (Wildman–Crippen LogP) is 4.09. The summed E-state index contributed by atoms with van der Waals surface area (Å²) in [5.41, 5.74) is 6.01. The molecule has 1 aromatic heterocycles. The number of unbranched alkanes of at least 4 members (excludes halogenated alkanes) is 9. The lowest BCUT2D eigenvalue weighted by Gasteiger charge is -2.36. The molecule has 1 fully saturated rings. The number of rotatable bonds is 16. The minimum absolute atomic E-state index is 0.0825. The van der Waals surface area contributed by atoms with E-state index >= 15 is 0 Å². The number of amides is 2. The number of piperidine rings is 1. The fraction of sp³-hybridized carbons (Fsp3) is 0.800. The number of nitrogens with one attached hydrogen (secondary N) is 2. The summed E-state index contributed by atoms with van der Waals surface area (Å²) in [7, 11) is 0. The number of nitrogens with zero attached hydrogens (tertiary/aromatic N) is 2. The molecule has 0 aromatic carbocycles. The van der Waals surface area contributed by atoms with Crippen molar-refractivity contribution in [3.05, 3.63) is 18.2 Å². The van der Waals surface area contributed by atoms with Gasteiger partial charge >= 0.3 is 0 Å². The van der Waals surface area contributed by atoms with E-state index in [1.807, 2.05) is 4.90 Å². The standard InChI is InChI=1S/C25H45N5O2/c1-2-3-4-5-6-7-8-9-10-11-15-24(31)30-18-13-12-14-21(30)20-29-25(32)22(26)19-23-27-16-17-28-23/h16-17,21-22H,2-15,18-20,26H2,1H3,(H,27,28)(H,29,32)/t21?,22-/m0/s1. The number of nitrogens with two attached hydrogens (primary N) is 1. The molecule has 0 bridgehead atoms. The van der Waals surface area contributed by atoms with Crippen LogP contribution in [0, 0.1) is 0 Å². The number of aromatic amines is 1. The average Bonchev–Trinajstić information content (AvgIpc) is 3.31. The fourth-order valence-corrected chi connectivity index (χ4v) is 4.51. The molecule has 1 unspecified atom stereocenters. The van der Waals surface area contributed by atoms with Gasteiger partial charge in [0, 0.05) is 44.4 Å². The first kappa shape index (κ1) is 26.4.